The van der Waals surface area contributed by atoms with Crippen LogP contribution in [0.2, 0.25) is 0 Å². The van der Waals surface area contributed by atoms with E-state index in [0.29, 0.717) is 13.1 Å². The van der Waals surface area contributed by atoms with Crippen molar-refractivity contribution >= 4 is 30.9 Å². The number of hydrogen-bond acceptors (Lipinski definition) is 4. The van der Waals surface area contributed by atoms with Crippen LogP contribution in [0.25, 0.3) is 11.1 Å². The van der Waals surface area contributed by atoms with Crippen LogP contribution < -0.4 is 5.32 Å². The molecular formula is C25H24Cl2F3N3O2. The molecule has 1 fully saturated rings. The second-order valence-corrected chi connectivity index (χ2v) is 8.22. The summed E-state index contributed by atoms with van der Waals surface area (Å²) in [4.78, 5) is 18.2. The molecule has 1 aliphatic heterocycles. The summed E-state index contributed by atoms with van der Waals surface area (Å²) in [5, 5.41) is 3.07. The number of halogens is 5. The van der Waals surface area contributed by atoms with Crippen LogP contribution in [0.15, 0.2) is 67.0 Å². The molecule has 2 heterocycles. The predicted molar refractivity (Wildman–Crippen MR) is 131 cm³/mol. The quantitative estimate of drug-likeness (QED) is 0.466. The van der Waals surface area contributed by atoms with Gasteiger partial charge in [-0.15, -0.1) is 24.8 Å². The molecule has 0 radical (unpaired) electrons. The topological polar surface area (TPSA) is 54.5 Å². The van der Waals surface area contributed by atoms with Crippen molar-refractivity contribution in [1.29, 1.82) is 0 Å². The highest BCUT2D eigenvalue weighted by Gasteiger charge is 2.37. The molecular weight excluding hydrogens is 502 g/mol. The van der Waals surface area contributed by atoms with Gasteiger partial charge in [0.1, 0.15) is 6.61 Å². The van der Waals surface area contributed by atoms with Crippen molar-refractivity contribution in [3.8, 4) is 11.1 Å². The number of benzene rings is 2. The summed E-state index contributed by atoms with van der Waals surface area (Å²) in [6.45, 7) is 0.962. The number of amides is 1. The molecule has 5 rings (SSSR count). The van der Waals surface area contributed by atoms with Crippen molar-refractivity contribution in [3.63, 3.8) is 0 Å². The van der Waals surface area contributed by atoms with Gasteiger partial charge in [0.15, 0.2) is 0 Å². The van der Waals surface area contributed by atoms with Crippen LogP contribution in [0, 0.1) is 0 Å². The van der Waals surface area contributed by atoms with E-state index in [1.165, 1.54) is 11.1 Å². The Morgan fingerprint density at radius 1 is 1.00 bits per heavy atom. The molecule has 1 aromatic heterocycles. The van der Waals surface area contributed by atoms with Gasteiger partial charge in [0.05, 0.1) is 11.6 Å². The van der Waals surface area contributed by atoms with Gasteiger partial charge in [-0.1, -0.05) is 48.5 Å². The molecule has 1 atom stereocenters. The van der Waals surface area contributed by atoms with Gasteiger partial charge < -0.3 is 15.0 Å². The molecule has 1 unspecified atom stereocenters. The number of alkyl halides is 3. The van der Waals surface area contributed by atoms with E-state index >= 15 is 0 Å². The Bertz CT molecular complexity index is 1150. The number of rotatable bonds is 3. The first-order valence-electron chi connectivity index (χ1n) is 10.8. The highest BCUT2D eigenvalue weighted by atomic mass is 35.5. The highest BCUT2D eigenvalue weighted by Crippen LogP contribution is 2.44. The van der Waals surface area contributed by atoms with E-state index in [4.69, 9.17) is 4.74 Å². The van der Waals surface area contributed by atoms with E-state index in [0.717, 1.165) is 34.5 Å². The third kappa shape index (κ3) is 5.24. The summed E-state index contributed by atoms with van der Waals surface area (Å²) in [7, 11) is 0. The molecule has 1 amide bonds. The largest absolute Gasteiger partial charge is 0.448 e. The number of carbonyl (C=O) groups excluding carboxylic acids is 1. The average molecular weight is 526 g/mol. The maximum atomic E-state index is 13.4. The molecule has 3 aromatic rings. The fourth-order valence-corrected chi connectivity index (χ4v) is 4.75. The predicted octanol–water partition coefficient (Wildman–Crippen LogP) is 5.84. The molecule has 2 aromatic carbocycles. The summed E-state index contributed by atoms with van der Waals surface area (Å²) in [6, 6.07) is 16.4. The lowest BCUT2D eigenvalue weighted by atomic mass is 9.98. The Labute approximate surface area is 213 Å². The standard InChI is InChI=1S/C25H22F3N3O2.2ClH/c26-25(27,28)22-9-10-29-13-20(22)23-14-31(12-11-30-23)24(32)33-15-21-18-7-3-1-5-16(18)17-6-2-4-8-19(17)21;;/h1-10,13,21,23,30H,11-12,14-15H2;2*1H. The van der Waals surface area contributed by atoms with E-state index in [2.05, 4.69) is 22.4 Å². The van der Waals surface area contributed by atoms with Crippen LogP contribution in [0.3, 0.4) is 0 Å². The maximum Gasteiger partial charge on any atom is 0.416 e. The zero-order valence-corrected chi connectivity index (χ0v) is 20.1. The van der Waals surface area contributed by atoms with Gasteiger partial charge in [0.25, 0.3) is 0 Å². The zero-order chi connectivity index (χ0) is 23.0. The molecule has 10 heteroatoms. The van der Waals surface area contributed by atoms with Crippen LogP contribution in [0.5, 0.6) is 0 Å². The summed E-state index contributed by atoms with van der Waals surface area (Å²) in [5.74, 6) is -0.0739. The maximum absolute atomic E-state index is 13.4. The number of nitrogens with zero attached hydrogens (tertiary/aromatic N) is 2. The summed E-state index contributed by atoms with van der Waals surface area (Å²) in [5.41, 5.74) is 3.76. The molecule has 0 saturated carbocycles. The molecule has 0 spiro atoms. The fourth-order valence-electron chi connectivity index (χ4n) is 4.75. The lowest BCUT2D eigenvalue weighted by Gasteiger charge is -2.34. The van der Waals surface area contributed by atoms with E-state index in [1.807, 2.05) is 36.4 Å². The van der Waals surface area contributed by atoms with Crippen molar-refractivity contribution in [2.75, 3.05) is 26.2 Å². The van der Waals surface area contributed by atoms with E-state index < -0.39 is 23.9 Å². The first-order chi connectivity index (χ1) is 15.9. The van der Waals surface area contributed by atoms with Gasteiger partial charge in [0.2, 0.25) is 0 Å². The number of carbonyl (C=O) groups is 1. The van der Waals surface area contributed by atoms with E-state index in [9.17, 15) is 18.0 Å². The Kier molecular flexibility index (Phi) is 8.30. The Balaban J connectivity index is 0.00000171. The van der Waals surface area contributed by atoms with Crippen molar-refractivity contribution < 1.29 is 22.7 Å². The Hall–Kier alpha value is -2.81. The van der Waals surface area contributed by atoms with E-state index in [1.54, 1.807) is 0 Å². The van der Waals surface area contributed by atoms with Crippen molar-refractivity contribution in [2.24, 2.45) is 0 Å². The van der Waals surface area contributed by atoms with E-state index in [-0.39, 0.29) is 49.4 Å². The van der Waals surface area contributed by atoms with Gasteiger partial charge in [-0.05, 0) is 28.3 Å². The van der Waals surface area contributed by atoms with Gasteiger partial charge in [-0.3, -0.25) is 4.98 Å². The van der Waals surface area contributed by atoms with Crippen LogP contribution in [-0.4, -0.2) is 42.2 Å². The SMILES string of the molecule is Cl.Cl.O=C(OCC1c2ccccc2-c2ccccc21)N1CCNC(c2cnccc2C(F)(F)F)C1. The molecule has 186 valence electrons. The molecule has 1 aliphatic carbocycles. The Morgan fingerprint density at radius 2 is 1.63 bits per heavy atom. The number of ether oxygens (including phenoxy) is 1. The highest BCUT2D eigenvalue weighted by molar-refractivity contribution is 5.85. The smallest absolute Gasteiger partial charge is 0.416 e. The number of nitrogens with one attached hydrogen (secondary N) is 1. The van der Waals surface area contributed by atoms with Crippen molar-refractivity contribution in [3.05, 3.63) is 89.2 Å². The minimum atomic E-state index is -4.49. The van der Waals surface area contributed by atoms with Crippen molar-refractivity contribution in [1.82, 2.24) is 15.2 Å². The lowest BCUT2D eigenvalue weighted by molar-refractivity contribution is -0.138. The first kappa shape index (κ1) is 26.8. The van der Waals surface area contributed by atoms with Gasteiger partial charge >= 0.3 is 12.3 Å². The summed E-state index contributed by atoms with van der Waals surface area (Å²) < 4.78 is 46.0. The molecule has 0 bridgehead atoms. The summed E-state index contributed by atoms with van der Waals surface area (Å²) >= 11 is 0. The molecule has 2 aliphatic rings. The van der Waals surface area contributed by atoms with Crippen LogP contribution in [0.1, 0.15) is 34.2 Å². The van der Waals surface area contributed by atoms with Crippen LogP contribution in [0.4, 0.5) is 18.0 Å². The molecule has 35 heavy (non-hydrogen) atoms. The molecule has 5 nitrogen and oxygen atoms in total. The fraction of sp³-hybridized carbons (Fsp3) is 0.280. The summed E-state index contributed by atoms with van der Waals surface area (Å²) in [6.07, 6.45) is -2.69. The molecule has 1 N–H and O–H groups in total. The number of pyridine rings is 1. The Morgan fingerprint density at radius 3 is 2.26 bits per heavy atom. The lowest BCUT2D eigenvalue weighted by Crippen LogP contribution is -2.49. The minimum absolute atomic E-state index is 0. The second kappa shape index (κ2) is 10.8. The van der Waals surface area contributed by atoms with Crippen LogP contribution >= 0.6 is 24.8 Å². The zero-order valence-electron chi connectivity index (χ0n) is 18.5. The number of aromatic nitrogens is 1. The average Bonchev–Trinajstić information content (AvgIpc) is 3.16. The normalized spacial score (nSPS) is 17.0. The number of fused-ring (bicyclic) bond motifs is 3. The minimum Gasteiger partial charge on any atom is -0.448 e. The molecule has 1 saturated heterocycles. The first-order valence-corrected chi connectivity index (χ1v) is 10.8. The third-order valence-corrected chi connectivity index (χ3v) is 6.30. The van der Waals surface area contributed by atoms with Gasteiger partial charge in [0, 0.05) is 43.5 Å². The van der Waals surface area contributed by atoms with Gasteiger partial charge in [-0.2, -0.15) is 13.2 Å². The number of hydrogen-bond donors (Lipinski definition) is 1. The van der Waals surface area contributed by atoms with Crippen molar-refractivity contribution in [2.45, 2.75) is 18.1 Å². The second-order valence-electron chi connectivity index (χ2n) is 8.22. The third-order valence-electron chi connectivity index (χ3n) is 6.30. The van der Waals surface area contributed by atoms with Crippen LogP contribution in [-0.2, 0) is 10.9 Å². The monoisotopic (exact) mass is 525 g/mol. The van der Waals surface area contributed by atoms with Gasteiger partial charge in [-0.25, -0.2) is 4.79 Å². The number of piperazine rings is 1.